The predicted octanol–water partition coefficient (Wildman–Crippen LogP) is 2.98. The lowest BCUT2D eigenvalue weighted by molar-refractivity contribution is 0.261. The molecule has 1 heterocycles. The van der Waals surface area contributed by atoms with E-state index in [1.807, 2.05) is 0 Å². The topological polar surface area (TPSA) is 22.1 Å². The van der Waals surface area contributed by atoms with Gasteiger partial charge in [0.15, 0.2) is 5.75 Å². The number of halogens is 4. The van der Waals surface area contributed by atoms with Gasteiger partial charge in [0.2, 0.25) is 11.6 Å². The van der Waals surface area contributed by atoms with E-state index in [9.17, 15) is 17.6 Å². The van der Waals surface area contributed by atoms with Crippen LogP contribution in [0.1, 0.15) is 12.8 Å². The molecule has 0 saturated carbocycles. The molecule has 1 rings (SSSR count). The number of hydrogen-bond donors (Lipinski definition) is 0. The SMILES string of the molecule is C=CCCCOc1c(F)c(F)nc(F)c1F. The van der Waals surface area contributed by atoms with Gasteiger partial charge >= 0.3 is 0 Å². The number of hydrogen-bond acceptors (Lipinski definition) is 2. The van der Waals surface area contributed by atoms with Gasteiger partial charge in [0.05, 0.1) is 6.61 Å². The molecule has 1 aromatic heterocycles. The molecule has 0 N–H and O–H groups in total. The number of rotatable bonds is 5. The predicted molar refractivity (Wildman–Crippen MR) is 49.0 cm³/mol. The van der Waals surface area contributed by atoms with Crippen LogP contribution in [0.2, 0.25) is 0 Å². The Morgan fingerprint density at radius 2 is 1.69 bits per heavy atom. The van der Waals surface area contributed by atoms with Crippen LogP contribution in [0.3, 0.4) is 0 Å². The van der Waals surface area contributed by atoms with E-state index < -0.39 is 29.3 Å². The van der Waals surface area contributed by atoms with E-state index in [0.717, 1.165) is 0 Å². The molecule has 0 aliphatic heterocycles. The van der Waals surface area contributed by atoms with Crippen molar-refractivity contribution >= 4 is 0 Å². The van der Waals surface area contributed by atoms with Gasteiger partial charge in [-0.15, -0.1) is 6.58 Å². The van der Waals surface area contributed by atoms with E-state index in [1.165, 1.54) is 0 Å². The average Bonchev–Trinajstić information content (AvgIpc) is 2.25. The van der Waals surface area contributed by atoms with E-state index >= 15 is 0 Å². The highest BCUT2D eigenvalue weighted by atomic mass is 19.2. The highest BCUT2D eigenvalue weighted by Crippen LogP contribution is 2.24. The zero-order chi connectivity index (χ0) is 12.1. The van der Waals surface area contributed by atoms with Crippen molar-refractivity contribution in [2.75, 3.05) is 6.61 Å². The molecule has 0 radical (unpaired) electrons. The van der Waals surface area contributed by atoms with Crippen LogP contribution >= 0.6 is 0 Å². The van der Waals surface area contributed by atoms with Gasteiger partial charge in [-0.05, 0) is 12.8 Å². The first-order valence-electron chi connectivity index (χ1n) is 4.51. The quantitative estimate of drug-likeness (QED) is 0.339. The number of ether oxygens (including phenoxy) is 1. The van der Waals surface area contributed by atoms with Crippen LogP contribution in [0.25, 0.3) is 0 Å². The van der Waals surface area contributed by atoms with Crippen LogP contribution in [-0.2, 0) is 0 Å². The lowest BCUT2D eigenvalue weighted by Crippen LogP contribution is -2.07. The fourth-order valence-corrected chi connectivity index (χ4v) is 0.997. The fourth-order valence-electron chi connectivity index (χ4n) is 0.997. The van der Waals surface area contributed by atoms with Gasteiger partial charge in [0, 0.05) is 0 Å². The molecule has 2 nitrogen and oxygen atoms in total. The van der Waals surface area contributed by atoms with Gasteiger partial charge in [-0.2, -0.15) is 22.5 Å². The maximum atomic E-state index is 13.0. The second-order valence-electron chi connectivity index (χ2n) is 2.93. The van der Waals surface area contributed by atoms with Crippen molar-refractivity contribution in [3.05, 3.63) is 36.2 Å². The van der Waals surface area contributed by atoms with Crippen LogP contribution in [0.15, 0.2) is 12.7 Å². The minimum Gasteiger partial charge on any atom is -0.487 e. The fraction of sp³-hybridized carbons (Fsp3) is 0.300. The van der Waals surface area contributed by atoms with Gasteiger partial charge < -0.3 is 4.74 Å². The summed E-state index contributed by atoms with van der Waals surface area (Å²) in [6.07, 6.45) is 2.59. The molecule has 6 heteroatoms. The summed E-state index contributed by atoms with van der Waals surface area (Å²) < 4.78 is 55.8. The standard InChI is InChI=1S/C10H9F4NO/c1-2-3-4-5-16-8-6(11)9(13)15-10(14)7(8)12/h2H,1,3-5H2. The number of unbranched alkanes of at least 4 members (excludes halogenated alkanes) is 1. The average molecular weight is 235 g/mol. The smallest absolute Gasteiger partial charge is 0.255 e. The third-order valence-electron chi connectivity index (χ3n) is 1.76. The van der Waals surface area contributed by atoms with E-state index in [0.29, 0.717) is 12.8 Å². The maximum Gasteiger partial charge on any atom is 0.255 e. The minimum atomic E-state index is -1.72. The summed E-state index contributed by atoms with van der Waals surface area (Å²) in [5.41, 5.74) is 0. The molecule has 0 bridgehead atoms. The third kappa shape index (κ3) is 2.71. The van der Waals surface area contributed by atoms with Gasteiger partial charge in [-0.3, -0.25) is 0 Å². The van der Waals surface area contributed by atoms with Crippen LogP contribution in [0, 0.1) is 23.5 Å². The summed E-state index contributed by atoms with van der Waals surface area (Å²) in [4.78, 5) is 2.40. The Balaban J connectivity index is 2.81. The van der Waals surface area contributed by atoms with Crippen LogP contribution in [0.4, 0.5) is 17.6 Å². The zero-order valence-corrected chi connectivity index (χ0v) is 8.27. The van der Waals surface area contributed by atoms with Crippen molar-refractivity contribution in [2.45, 2.75) is 12.8 Å². The lowest BCUT2D eigenvalue weighted by atomic mass is 10.3. The van der Waals surface area contributed by atoms with Crippen molar-refractivity contribution in [3.63, 3.8) is 0 Å². The second kappa shape index (κ2) is 5.48. The van der Waals surface area contributed by atoms with Crippen molar-refractivity contribution in [1.29, 1.82) is 0 Å². The summed E-state index contributed by atoms with van der Waals surface area (Å²) in [7, 11) is 0. The van der Waals surface area contributed by atoms with Gasteiger partial charge in [-0.1, -0.05) is 6.08 Å². The maximum absolute atomic E-state index is 13.0. The molecular weight excluding hydrogens is 226 g/mol. The molecule has 16 heavy (non-hydrogen) atoms. The first-order chi connectivity index (χ1) is 7.57. The van der Waals surface area contributed by atoms with Crippen LogP contribution < -0.4 is 4.74 Å². The summed E-state index contributed by atoms with van der Waals surface area (Å²) in [6.45, 7) is 3.37. The first-order valence-corrected chi connectivity index (χ1v) is 4.51. The lowest BCUT2D eigenvalue weighted by Gasteiger charge is -2.07. The van der Waals surface area contributed by atoms with E-state index in [1.54, 1.807) is 6.08 Å². The molecule has 0 spiro atoms. The molecule has 0 atom stereocenters. The molecule has 1 aromatic rings. The second-order valence-corrected chi connectivity index (χ2v) is 2.93. The molecule has 0 aromatic carbocycles. The van der Waals surface area contributed by atoms with E-state index in [4.69, 9.17) is 0 Å². The zero-order valence-electron chi connectivity index (χ0n) is 8.27. The van der Waals surface area contributed by atoms with Crippen molar-refractivity contribution in [2.24, 2.45) is 0 Å². The Labute approximate surface area is 89.6 Å². The van der Waals surface area contributed by atoms with Gasteiger partial charge in [0.1, 0.15) is 0 Å². The summed E-state index contributed by atoms with van der Waals surface area (Å²) >= 11 is 0. The van der Waals surface area contributed by atoms with E-state index in [-0.39, 0.29) is 6.61 Å². The van der Waals surface area contributed by atoms with Crippen LogP contribution in [0.5, 0.6) is 5.75 Å². The molecule has 0 unspecified atom stereocenters. The summed E-state index contributed by atoms with van der Waals surface area (Å²) in [5, 5.41) is 0. The third-order valence-corrected chi connectivity index (χ3v) is 1.76. The number of nitrogens with zero attached hydrogens (tertiary/aromatic N) is 1. The number of pyridine rings is 1. The van der Waals surface area contributed by atoms with Crippen molar-refractivity contribution in [1.82, 2.24) is 4.98 Å². The minimum absolute atomic E-state index is 0.0667. The molecule has 0 fully saturated rings. The van der Waals surface area contributed by atoms with Gasteiger partial charge in [-0.25, -0.2) is 0 Å². The Hall–Kier alpha value is -1.59. The number of allylic oxidation sites excluding steroid dienone is 1. The first kappa shape index (κ1) is 12.5. The molecule has 0 aliphatic carbocycles. The summed E-state index contributed by atoms with van der Waals surface area (Å²) in [5.74, 6) is -7.78. The Bertz CT molecular complexity index is 369. The highest BCUT2D eigenvalue weighted by Gasteiger charge is 2.21. The Morgan fingerprint density at radius 3 is 2.19 bits per heavy atom. The molecule has 0 amide bonds. The Morgan fingerprint density at radius 1 is 1.12 bits per heavy atom. The van der Waals surface area contributed by atoms with Crippen LogP contribution in [-0.4, -0.2) is 11.6 Å². The molecular formula is C10H9F4NO. The largest absolute Gasteiger partial charge is 0.487 e. The van der Waals surface area contributed by atoms with Crippen molar-refractivity contribution in [3.8, 4) is 5.75 Å². The normalized spacial score (nSPS) is 10.2. The van der Waals surface area contributed by atoms with Crippen molar-refractivity contribution < 1.29 is 22.3 Å². The molecule has 88 valence electrons. The Kier molecular flexibility index (Phi) is 4.28. The number of aromatic nitrogens is 1. The highest BCUT2D eigenvalue weighted by molar-refractivity contribution is 5.24. The van der Waals surface area contributed by atoms with Gasteiger partial charge in [0.25, 0.3) is 11.9 Å². The monoisotopic (exact) mass is 235 g/mol. The molecule has 0 saturated heterocycles. The van der Waals surface area contributed by atoms with E-state index in [2.05, 4.69) is 16.3 Å². The molecule has 0 aliphatic rings. The summed E-state index contributed by atoms with van der Waals surface area (Å²) in [6, 6.07) is 0.